The number of hydrogen-bond donors (Lipinski definition) is 1. The van der Waals surface area contributed by atoms with E-state index < -0.39 is 5.97 Å². The van der Waals surface area contributed by atoms with Crippen molar-refractivity contribution >= 4 is 17.7 Å². The number of rotatable bonds is 3. The number of benzene rings is 1. The van der Waals surface area contributed by atoms with E-state index in [0.717, 1.165) is 21.8 Å². The Bertz CT molecular complexity index is 601. The summed E-state index contributed by atoms with van der Waals surface area (Å²) in [5.41, 5.74) is 3.32. The first-order chi connectivity index (χ1) is 8.97. The second-order valence-electron chi connectivity index (χ2n) is 4.23. The number of nitrogens with zero attached hydrogens (tertiary/aromatic N) is 2. The van der Waals surface area contributed by atoms with Crippen molar-refractivity contribution in [3.63, 3.8) is 0 Å². The van der Waals surface area contributed by atoms with E-state index in [1.807, 2.05) is 20.8 Å². The van der Waals surface area contributed by atoms with Gasteiger partial charge in [0.05, 0.1) is 5.56 Å². The quantitative estimate of drug-likeness (QED) is 0.870. The van der Waals surface area contributed by atoms with E-state index in [9.17, 15) is 4.79 Å². The number of aromatic nitrogens is 2. The molecule has 0 radical (unpaired) electrons. The number of aromatic carboxylic acids is 1. The van der Waals surface area contributed by atoms with Gasteiger partial charge in [0.15, 0.2) is 5.16 Å². The third-order valence-corrected chi connectivity index (χ3v) is 3.80. The molecule has 0 bridgehead atoms. The Hall–Kier alpha value is -1.88. The third kappa shape index (κ3) is 3.12. The summed E-state index contributed by atoms with van der Waals surface area (Å²) in [4.78, 5) is 20.5. The SMILES string of the molecule is Cc1nc(Sc2ccc(C(=O)O)cc2)nc(C)c1C. The molecular weight excluding hydrogens is 260 g/mol. The predicted molar refractivity (Wildman–Crippen MR) is 73.8 cm³/mol. The molecular formula is C14H14N2O2S. The van der Waals surface area contributed by atoms with Gasteiger partial charge in [-0.15, -0.1) is 0 Å². The lowest BCUT2D eigenvalue weighted by Gasteiger charge is -2.06. The minimum Gasteiger partial charge on any atom is -0.478 e. The zero-order chi connectivity index (χ0) is 14.0. The summed E-state index contributed by atoms with van der Waals surface area (Å²) in [5, 5.41) is 9.52. The smallest absolute Gasteiger partial charge is 0.335 e. The Balaban J connectivity index is 2.24. The monoisotopic (exact) mass is 274 g/mol. The van der Waals surface area contributed by atoms with Crippen molar-refractivity contribution in [1.82, 2.24) is 9.97 Å². The maximum Gasteiger partial charge on any atom is 0.335 e. The van der Waals surface area contributed by atoms with Gasteiger partial charge in [-0.3, -0.25) is 0 Å². The van der Waals surface area contributed by atoms with Gasteiger partial charge in [-0.2, -0.15) is 0 Å². The summed E-state index contributed by atoms with van der Waals surface area (Å²) >= 11 is 1.43. The fraction of sp³-hybridized carbons (Fsp3) is 0.214. The second kappa shape index (κ2) is 5.40. The highest BCUT2D eigenvalue weighted by atomic mass is 32.2. The summed E-state index contributed by atoms with van der Waals surface area (Å²) in [5.74, 6) is -0.921. The number of hydrogen-bond acceptors (Lipinski definition) is 4. The average Bonchev–Trinajstić information content (AvgIpc) is 2.36. The molecule has 0 aliphatic heterocycles. The zero-order valence-electron chi connectivity index (χ0n) is 11.0. The number of carboxylic acids is 1. The molecule has 0 aliphatic carbocycles. The molecule has 0 fully saturated rings. The van der Waals surface area contributed by atoms with Gasteiger partial charge in [0.1, 0.15) is 0 Å². The third-order valence-electron chi connectivity index (χ3n) is 2.92. The Morgan fingerprint density at radius 3 is 2.05 bits per heavy atom. The summed E-state index contributed by atoms with van der Waals surface area (Å²) in [6, 6.07) is 6.70. The second-order valence-corrected chi connectivity index (χ2v) is 5.27. The lowest BCUT2D eigenvalue weighted by atomic mass is 10.2. The van der Waals surface area contributed by atoms with Crippen LogP contribution in [0.15, 0.2) is 34.3 Å². The highest BCUT2D eigenvalue weighted by Gasteiger charge is 2.07. The van der Waals surface area contributed by atoms with E-state index >= 15 is 0 Å². The van der Waals surface area contributed by atoms with Crippen LogP contribution in [0.2, 0.25) is 0 Å². The molecule has 2 aromatic rings. The molecule has 1 heterocycles. The first-order valence-corrected chi connectivity index (χ1v) is 6.62. The van der Waals surface area contributed by atoms with Gasteiger partial charge >= 0.3 is 5.97 Å². The molecule has 4 nitrogen and oxygen atoms in total. The van der Waals surface area contributed by atoms with Gasteiger partial charge in [-0.25, -0.2) is 14.8 Å². The van der Waals surface area contributed by atoms with Crippen LogP contribution in [0.3, 0.4) is 0 Å². The van der Waals surface area contributed by atoms with E-state index in [0.29, 0.717) is 5.16 Å². The molecule has 98 valence electrons. The Morgan fingerprint density at radius 1 is 1.05 bits per heavy atom. The summed E-state index contributed by atoms with van der Waals surface area (Å²) in [6.07, 6.45) is 0. The maximum absolute atomic E-state index is 10.8. The first-order valence-electron chi connectivity index (χ1n) is 5.80. The van der Waals surface area contributed by atoms with Gasteiger partial charge in [0, 0.05) is 16.3 Å². The molecule has 0 atom stereocenters. The van der Waals surface area contributed by atoms with Crippen LogP contribution in [0.4, 0.5) is 0 Å². The molecule has 0 saturated heterocycles. The van der Waals surface area contributed by atoms with E-state index in [1.165, 1.54) is 11.8 Å². The molecule has 1 N–H and O–H groups in total. The molecule has 2 rings (SSSR count). The van der Waals surface area contributed by atoms with Crippen LogP contribution in [-0.4, -0.2) is 21.0 Å². The van der Waals surface area contributed by atoms with Crippen molar-refractivity contribution in [3.8, 4) is 0 Å². The lowest BCUT2D eigenvalue weighted by Crippen LogP contribution is -1.98. The number of aryl methyl sites for hydroxylation is 2. The van der Waals surface area contributed by atoms with Crippen LogP contribution in [0.5, 0.6) is 0 Å². The van der Waals surface area contributed by atoms with Crippen molar-refractivity contribution in [2.24, 2.45) is 0 Å². The Kier molecular flexibility index (Phi) is 3.85. The van der Waals surface area contributed by atoms with Crippen LogP contribution in [0, 0.1) is 20.8 Å². The molecule has 0 spiro atoms. The average molecular weight is 274 g/mol. The lowest BCUT2D eigenvalue weighted by molar-refractivity contribution is 0.0697. The normalized spacial score (nSPS) is 10.5. The van der Waals surface area contributed by atoms with Crippen LogP contribution < -0.4 is 0 Å². The van der Waals surface area contributed by atoms with E-state index in [2.05, 4.69) is 9.97 Å². The minimum absolute atomic E-state index is 0.279. The maximum atomic E-state index is 10.8. The molecule has 1 aromatic carbocycles. The molecule has 1 aromatic heterocycles. The van der Waals surface area contributed by atoms with Crippen LogP contribution in [0.1, 0.15) is 27.3 Å². The highest BCUT2D eigenvalue weighted by Crippen LogP contribution is 2.26. The molecule has 5 heteroatoms. The Morgan fingerprint density at radius 2 is 1.58 bits per heavy atom. The van der Waals surface area contributed by atoms with Crippen molar-refractivity contribution in [3.05, 3.63) is 46.8 Å². The van der Waals surface area contributed by atoms with E-state index in [4.69, 9.17) is 5.11 Å². The van der Waals surface area contributed by atoms with Crippen molar-refractivity contribution in [2.75, 3.05) is 0 Å². The van der Waals surface area contributed by atoms with Crippen LogP contribution >= 0.6 is 11.8 Å². The molecule has 0 saturated carbocycles. The Labute approximate surface area is 115 Å². The standard InChI is InChI=1S/C14H14N2O2S/c1-8-9(2)15-14(16-10(8)3)19-12-6-4-11(5-7-12)13(17)18/h4-7H,1-3H3,(H,17,18). The summed E-state index contributed by atoms with van der Waals surface area (Å²) in [7, 11) is 0. The van der Waals surface area contributed by atoms with Crippen molar-refractivity contribution in [2.45, 2.75) is 30.8 Å². The van der Waals surface area contributed by atoms with Crippen LogP contribution in [-0.2, 0) is 0 Å². The minimum atomic E-state index is -0.921. The van der Waals surface area contributed by atoms with Gasteiger partial charge in [-0.05, 0) is 62.4 Å². The molecule has 19 heavy (non-hydrogen) atoms. The molecule has 0 aliphatic rings. The predicted octanol–water partition coefficient (Wildman–Crippen LogP) is 3.25. The van der Waals surface area contributed by atoms with Gasteiger partial charge < -0.3 is 5.11 Å². The largest absolute Gasteiger partial charge is 0.478 e. The summed E-state index contributed by atoms with van der Waals surface area (Å²) < 4.78 is 0. The number of carboxylic acid groups (broad SMARTS) is 1. The molecule has 0 unspecified atom stereocenters. The fourth-order valence-electron chi connectivity index (χ4n) is 1.56. The summed E-state index contributed by atoms with van der Waals surface area (Å²) in [6.45, 7) is 5.92. The van der Waals surface area contributed by atoms with E-state index in [1.54, 1.807) is 24.3 Å². The van der Waals surface area contributed by atoms with Crippen molar-refractivity contribution in [1.29, 1.82) is 0 Å². The topological polar surface area (TPSA) is 63.1 Å². The van der Waals surface area contributed by atoms with Gasteiger partial charge in [0.25, 0.3) is 0 Å². The van der Waals surface area contributed by atoms with Gasteiger partial charge in [0.2, 0.25) is 0 Å². The van der Waals surface area contributed by atoms with Gasteiger partial charge in [-0.1, -0.05) is 0 Å². The fourth-order valence-corrected chi connectivity index (χ4v) is 2.41. The van der Waals surface area contributed by atoms with Crippen LogP contribution in [0.25, 0.3) is 0 Å². The highest BCUT2D eigenvalue weighted by molar-refractivity contribution is 7.99. The molecule has 0 amide bonds. The first kappa shape index (κ1) is 13.5. The van der Waals surface area contributed by atoms with Crippen molar-refractivity contribution < 1.29 is 9.90 Å². The number of carbonyl (C=O) groups is 1. The zero-order valence-corrected chi connectivity index (χ0v) is 11.8. The van der Waals surface area contributed by atoms with E-state index in [-0.39, 0.29) is 5.56 Å².